The normalized spacial score (nSPS) is 12.0. The van der Waals surface area contributed by atoms with Crippen molar-refractivity contribution in [2.75, 3.05) is 0 Å². The van der Waals surface area contributed by atoms with E-state index in [9.17, 15) is 0 Å². The second-order valence-electron chi connectivity index (χ2n) is 9.91. The fourth-order valence-corrected chi connectivity index (χ4v) is 6.65. The predicted octanol–water partition coefficient (Wildman–Crippen LogP) is 11.7. The average Bonchev–Trinajstić information content (AvgIpc) is 3.34. The molecule has 0 amide bonds. The van der Waals surface area contributed by atoms with Crippen LogP contribution in [0.1, 0.15) is 30.5 Å². The first kappa shape index (κ1) is 26.4. The number of aryl methyl sites for hydroxylation is 2. The average molecular weight is 523 g/mol. The lowest BCUT2D eigenvalue weighted by molar-refractivity contribution is 1.44. The summed E-state index contributed by atoms with van der Waals surface area (Å²) in [6.45, 7) is 12.6. The fraction of sp³-hybridized carbons (Fsp3) is 0.105. The van der Waals surface area contributed by atoms with Gasteiger partial charge in [0, 0.05) is 25.6 Å². The van der Waals surface area contributed by atoms with Crippen molar-refractivity contribution < 1.29 is 0 Å². The highest BCUT2D eigenvalue weighted by Gasteiger charge is 2.13. The largest absolute Gasteiger partial charge is 0.135 e. The molecule has 0 atom stereocenters. The quantitative estimate of drug-likeness (QED) is 0.202. The summed E-state index contributed by atoms with van der Waals surface area (Å²) in [7, 11) is 0. The number of hydrogen-bond acceptors (Lipinski definition) is 1. The second kappa shape index (κ2) is 11.7. The van der Waals surface area contributed by atoms with E-state index in [0.717, 1.165) is 0 Å². The van der Waals surface area contributed by atoms with Crippen molar-refractivity contribution in [2.45, 2.75) is 27.7 Å². The third-order valence-electron chi connectivity index (χ3n) is 7.25. The minimum atomic E-state index is 1.21. The van der Waals surface area contributed by atoms with Crippen molar-refractivity contribution in [1.29, 1.82) is 0 Å². The first-order valence-electron chi connectivity index (χ1n) is 13.4. The van der Waals surface area contributed by atoms with E-state index in [-0.39, 0.29) is 0 Å². The zero-order valence-electron chi connectivity index (χ0n) is 23.2. The summed E-state index contributed by atoms with van der Waals surface area (Å²) in [4.78, 5) is 0. The van der Waals surface area contributed by atoms with Gasteiger partial charge in [-0.05, 0) is 72.5 Å². The molecule has 0 radical (unpaired) electrons. The molecule has 0 nitrogen and oxygen atoms in total. The van der Waals surface area contributed by atoms with Gasteiger partial charge in [0.1, 0.15) is 0 Å². The Labute approximate surface area is 236 Å². The molecule has 0 N–H and O–H groups in total. The Morgan fingerprint density at radius 2 is 1.46 bits per heavy atom. The molecule has 0 saturated carbocycles. The number of hydrogen-bond donors (Lipinski definition) is 0. The first-order chi connectivity index (χ1) is 19.0. The van der Waals surface area contributed by atoms with Gasteiger partial charge in [0.25, 0.3) is 0 Å². The molecular formula is C38H34S. The van der Waals surface area contributed by atoms with Crippen LogP contribution in [0.4, 0.5) is 0 Å². The Bertz CT molecular complexity index is 1840. The van der Waals surface area contributed by atoms with Crippen LogP contribution in [-0.4, -0.2) is 0 Å². The fourth-order valence-electron chi connectivity index (χ4n) is 5.33. The summed E-state index contributed by atoms with van der Waals surface area (Å²) in [6, 6.07) is 36.7. The monoisotopic (exact) mass is 522 g/mol. The summed E-state index contributed by atoms with van der Waals surface area (Å²) >= 11 is 1.90. The van der Waals surface area contributed by atoms with Crippen LogP contribution in [0.5, 0.6) is 0 Å². The van der Waals surface area contributed by atoms with Gasteiger partial charge in [-0.25, -0.2) is 0 Å². The molecule has 0 bridgehead atoms. The molecule has 0 aliphatic rings. The van der Waals surface area contributed by atoms with Gasteiger partial charge >= 0.3 is 0 Å². The van der Waals surface area contributed by atoms with Crippen molar-refractivity contribution in [3.8, 4) is 11.1 Å². The molecule has 6 rings (SSSR count). The minimum absolute atomic E-state index is 1.21. The smallest absolute Gasteiger partial charge is 0.0436 e. The van der Waals surface area contributed by atoms with Crippen molar-refractivity contribution in [2.24, 2.45) is 0 Å². The summed E-state index contributed by atoms with van der Waals surface area (Å²) in [6.07, 6.45) is 6.22. The van der Waals surface area contributed by atoms with Crippen LogP contribution < -0.4 is 0 Å². The third kappa shape index (κ3) is 5.37. The highest BCUT2D eigenvalue weighted by atomic mass is 32.1. The van der Waals surface area contributed by atoms with Gasteiger partial charge in [0.15, 0.2) is 0 Å². The van der Waals surface area contributed by atoms with Gasteiger partial charge in [-0.1, -0.05) is 127 Å². The molecule has 0 saturated heterocycles. The van der Waals surface area contributed by atoms with E-state index in [0.29, 0.717) is 0 Å². The standard InChI is InChI=1S/C25H22S.C13H12/c1-5-9-16(3)19(6-2)20-14-12-18-13-15-22-21-10-7-8-11-23(21)26-25(22)24(18)17(20)4;1-11-6-5-9-13(10-11)12-7-3-2-4-8-12/h5-15H,2H2,1,3-4H3;2-10H,1H3/b9-5-,19-16+;. The van der Waals surface area contributed by atoms with E-state index < -0.39 is 0 Å². The topological polar surface area (TPSA) is 0 Å². The first-order valence-corrected chi connectivity index (χ1v) is 14.3. The van der Waals surface area contributed by atoms with E-state index in [1.165, 1.54) is 69.9 Å². The third-order valence-corrected chi connectivity index (χ3v) is 8.45. The zero-order chi connectivity index (χ0) is 27.4. The Morgan fingerprint density at radius 3 is 2.21 bits per heavy atom. The van der Waals surface area contributed by atoms with Crippen molar-refractivity contribution in [3.63, 3.8) is 0 Å². The van der Waals surface area contributed by atoms with Crippen LogP contribution in [0.25, 0.3) is 47.6 Å². The van der Waals surface area contributed by atoms with E-state index in [1.807, 2.05) is 23.5 Å². The highest BCUT2D eigenvalue weighted by Crippen LogP contribution is 2.41. The second-order valence-corrected chi connectivity index (χ2v) is 11.0. The van der Waals surface area contributed by atoms with Crippen molar-refractivity contribution in [3.05, 3.63) is 150 Å². The van der Waals surface area contributed by atoms with Crippen LogP contribution in [-0.2, 0) is 0 Å². The molecular weight excluding hydrogens is 488 g/mol. The number of thiophene rings is 1. The molecule has 192 valence electrons. The molecule has 5 aromatic carbocycles. The lowest BCUT2D eigenvalue weighted by Crippen LogP contribution is -1.91. The number of fused-ring (bicyclic) bond motifs is 5. The van der Waals surface area contributed by atoms with E-state index in [1.54, 1.807) is 0 Å². The van der Waals surface area contributed by atoms with Crippen LogP contribution in [0.3, 0.4) is 0 Å². The molecule has 1 heterocycles. The summed E-state index contributed by atoms with van der Waals surface area (Å²) in [5, 5.41) is 5.38. The maximum Gasteiger partial charge on any atom is 0.0436 e. The molecule has 0 fully saturated rings. The van der Waals surface area contributed by atoms with Crippen molar-refractivity contribution in [1.82, 2.24) is 0 Å². The number of rotatable bonds is 4. The predicted molar refractivity (Wildman–Crippen MR) is 176 cm³/mol. The number of benzene rings is 5. The van der Waals surface area contributed by atoms with Crippen LogP contribution >= 0.6 is 11.3 Å². The highest BCUT2D eigenvalue weighted by molar-refractivity contribution is 7.26. The van der Waals surface area contributed by atoms with Gasteiger partial charge in [-0.3, -0.25) is 0 Å². The molecule has 0 aliphatic heterocycles. The van der Waals surface area contributed by atoms with Gasteiger partial charge < -0.3 is 0 Å². The van der Waals surface area contributed by atoms with Gasteiger partial charge in [0.05, 0.1) is 0 Å². The maximum absolute atomic E-state index is 4.07. The van der Waals surface area contributed by atoms with Crippen LogP contribution in [0.2, 0.25) is 0 Å². The van der Waals surface area contributed by atoms with Gasteiger partial charge in [-0.2, -0.15) is 0 Å². The maximum atomic E-state index is 4.07. The Hall–Kier alpha value is -4.20. The van der Waals surface area contributed by atoms with Crippen LogP contribution in [0.15, 0.2) is 134 Å². The lowest BCUT2D eigenvalue weighted by atomic mass is 9.91. The van der Waals surface area contributed by atoms with Gasteiger partial charge in [0.2, 0.25) is 0 Å². The zero-order valence-corrected chi connectivity index (χ0v) is 24.0. The Kier molecular flexibility index (Phi) is 7.91. The Morgan fingerprint density at radius 1 is 0.744 bits per heavy atom. The Balaban J connectivity index is 0.000000198. The minimum Gasteiger partial charge on any atom is -0.135 e. The van der Waals surface area contributed by atoms with Gasteiger partial charge in [-0.15, -0.1) is 11.3 Å². The van der Waals surface area contributed by atoms with E-state index in [4.69, 9.17) is 0 Å². The molecule has 1 aromatic heterocycles. The van der Waals surface area contributed by atoms with E-state index in [2.05, 4.69) is 143 Å². The molecule has 39 heavy (non-hydrogen) atoms. The molecule has 1 heteroatoms. The molecule has 0 aliphatic carbocycles. The van der Waals surface area contributed by atoms with Crippen molar-refractivity contribution >= 4 is 47.9 Å². The van der Waals surface area contributed by atoms with E-state index >= 15 is 0 Å². The summed E-state index contributed by atoms with van der Waals surface area (Å²) in [5.41, 5.74) is 8.94. The van der Waals surface area contributed by atoms with Crippen LogP contribution in [0, 0.1) is 13.8 Å². The SMILES string of the molecule is C=C/C(=C(C)\C=C/C)c1ccc2ccc3c4ccccc4sc3c2c1C.Cc1cccc(-c2ccccc2)c1. The molecule has 0 spiro atoms. The summed E-state index contributed by atoms with van der Waals surface area (Å²) < 4.78 is 2.74. The summed E-state index contributed by atoms with van der Waals surface area (Å²) in [5.74, 6) is 0. The number of allylic oxidation sites excluding steroid dienone is 5. The lowest BCUT2D eigenvalue weighted by Gasteiger charge is -2.13. The molecule has 6 aromatic rings. The molecule has 0 unspecified atom stereocenters.